The molecular weight excluding hydrogens is 316 g/mol. The highest BCUT2D eigenvalue weighted by Gasteiger charge is 2.23. The maximum atomic E-state index is 4.68. The van der Waals surface area contributed by atoms with Crippen molar-refractivity contribution in [3.63, 3.8) is 0 Å². The molecule has 1 N–H and O–H groups in total. The first-order chi connectivity index (χ1) is 11.7. The normalized spacial score (nSPS) is 18.7. The number of likely N-dealkylation sites (tertiary alicyclic amines) is 1. The van der Waals surface area contributed by atoms with Crippen LogP contribution in [0.25, 0.3) is 4.96 Å². The molecule has 4 nitrogen and oxygen atoms in total. The lowest BCUT2D eigenvalue weighted by atomic mass is 10.2. The molecule has 126 valence electrons. The van der Waals surface area contributed by atoms with Gasteiger partial charge in [0, 0.05) is 43.3 Å². The molecule has 24 heavy (non-hydrogen) atoms. The van der Waals surface area contributed by atoms with Gasteiger partial charge in [-0.05, 0) is 25.8 Å². The number of fused-ring (bicyclic) bond motifs is 1. The fourth-order valence-electron chi connectivity index (χ4n) is 3.60. The first kappa shape index (κ1) is 15.8. The van der Waals surface area contributed by atoms with Crippen molar-refractivity contribution < 1.29 is 0 Å². The van der Waals surface area contributed by atoms with E-state index in [1.165, 1.54) is 29.9 Å². The number of imidazole rings is 1. The standard InChI is InChI=1S/C19H24N4S/c1-14-13-24-19-21-15(2)18(23(14)19)10-20-17-8-9-22(12-17)11-16-6-4-3-5-7-16/h3-7,13,17,20H,8-12H2,1-2H3. The van der Waals surface area contributed by atoms with Gasteiger partial charge < -0.3 is 5.32 Å². The van der Waals surface area contributed by atoms with Crippen LogP contribution in [0.1, 0.15) is 29.1 Å². The van der Waals surface area contributed by atoms with E-state index in [-0.39, 0.29) is 0 Å². The van der Waals surface area contributed by atoms with E-state index in [0.717, 1.165) is 30.3 Å². The molecule has 3 aromatic rings. The van der Waals surface area contributed by atoms with E-state index in [9.17, 15) is 0 Å². The van der Waals surface area contributed by atoms with Gasteiger partial charge in [0.1, 0.15) is 0 Å². The Kier molecular flexibility index (Phi) is 4.39. The van der Waals surface area contributed by atoms with Crippen molar-refractivity contribution in [2.75, 3.05) is 13.1 Å². The number of hydrogen-bond donors (Lipinski definition) is 1. The highest BCUT2D eigenvalue weighted by atomic mass is 32.1. The molecule has 2 aromatic heterocycles. The van der Waals surface area contributed by atoms with E-state index >= 15 is 0 Å². The Hall–Kier alpha value is -1.69. The summed E-state index contributed by atoms with van der Waals surface area (Å²) in [6.45, 7) is 8.52. The average molecular weight is 340 g/mol. The van der Waals surface area contributed by atoms with Crippen LogP contribution in [0.3, 0.4) is 0 Å². The topological polar surface area (TPSA) is 32.6 Å². The molecule has 4 rings (SSSR count). The summed E-state index contributed by atoms with van der Waals surface area (Å²) in [4.78, 5) is 8.33. The average Bonchev–Trinajstić information content (AvgIpc) is 3.25. The predicted octanol–water partition coefficient (Wildman–Crippen LogP) is 3.38. The molecule has 1 fully saturated rings. The molecule has 1 saturated heterocycles. The maximum absolute atomic E-state index is 4.68. The van der Waals surface area contributed by atoms with Gasteiger partial charge in [-0.25, -0.2) is 4.98 Å². The lowest BCUT2D eigenvalue weighted by molar-refractivity contribution is 0.319. The van der Waals surface area contributed by atoms with Crippen LogP contribution in [0, 0.1) is 13.8 Å². The number of nitrogens with zero attached hydrogens (tertiary/aromatic N) is 3. The van der Waals surface area contributed by atoms with Crippen LogP contribution < -0.4 is 5.32 Å². The predicted molar refractivity (Wildman–Crippen MR) is 99.5 cm³/mol. The Morgan fingerprint density at radius 2 is 2.08 bits per heavy atom. The molecule has 0 radical (unpaired) electrons. The van der Waals surface area contributed by atoms with Crippen LogP contribution in [0.15, 0.2) is 35.7 Å². The molecule has 1 unspecified atom stereocenters. The fourth-order valence-corrected chi connectivity index (χ4v) is 4.53. The summed E-state index contributed by atoms with van der Waals surface area (Å²) in [6.07, 6.45) is 1.22. The van der Waals surface area contributed by atoms with Crippen molar-refractivity contribution in [2.45, 2.75) is 39.4 Å². The number of aryl methyl sites for hydroxylation is 2. The van der Waals surface area contributed by atoms with Crippen LogP contribution in [-0.4, -0.2) is 33.4 Å². The van der Waals surface area contributed by atoms with E-state index in [4.69, 9.17) is 0 Å². The second-order valence-electron chi connectivity index (χ2n) is 6.73. The second-order valence-corrected chi connectivity index (χ2v) is 7.56. The largest absolute Gasteiger partial charge is 0.307 e. The molecule has 1 aliphatic rings. The molecule has 1 atom stereocenters. The minimum atomic E-state index is 0.567. The quantitative estimate of drug-likeness (QED) is 0.773. The summed E-state index contributed by atoms with van der Waals surface area (Å²) >= 11 is 1.72. The van der Waals surface area contributed by atoms with E-state index in [1.807, 2.05) is 0 Å². The van der Waals surface area contributed by atoms with Crippen LogP contribution >= 0.6 is 11.3 Å². The van der Waals surface area contributed by atoms with Gasteiger partial charge in [0.25, 0.3) is 0 Å². The van der Waals surface area contributed by atoms with Gasteiger partial charge in [-0.2, -0.15) is 0 Å². The first-order valence-corrected chi connectivity index (χ1v) is 9.50. The molecule has 0 spiro atoms. The van der Waals surface area contributed by atoms with Gasteiger partial charge >= 0.3 is 0 Å². The van der Waals surface area contributed by atoms with Crippen molar-refractivity contribution >= 4 is 16.3 Å². The fraction of sp³-hybridized carbons (Fsp3) is 0.421. The number of hydrogen-bond acceptors (Lipinski definition) is 4. The zero-order chi connectivity index (χ0) is 16.5. The summed E-state index contributed by atoms with van der Waals surface area (Å²) in [5.74, 6) is 0. The Morgan fingerprint density at radius 3 is 2.92 bits per heavy atom. The van der Waals surface area contributed by atoms with Gasteiger partial charge in [0.15, 0.2) is 4.96 Å². The highest BCUT2D eigenvalue weighted by Crippen LogP contribution is 2.21. The second kappa shape index (κ2) is 6.67. The Labute approximate surface area is 147 Å². The highest BCUT2D eigenvalue weighted by molar-refractivity contribution is 7.15. The molecule has 1 aromatic carbocycles. The third kappa shape index (κ3) is 3.11. The molecule has 0 bridgehead atoms. The Morgan fingerprint density at radius 1 is 1.25 bits per heavy atom. The lowest BCUT2D eigenvalue weighted by Gasteiger charge is -2.17. The molecule has 0 amide bonds. The molecule has 0 saturated carbocycles. The van der Waals surface area contributed by atoms with Crippen LogP contribution in [0.2, 0.25) is 0 Å². The van der Waals surface area contributed by atoms with E-state index in [1.54, 1.807) is 11.3 Å². The van der Waals surface area contributed by atoms with Crippen LogP contribution in [0.5, 0.6) is 0 Å². The van der Waals surface area contributed by atoms with Crippen molar-refractivity contribution in [3.8, 4) is 0 Å². The van der Waals surface area contributed by atoms with Gasteiger partial charge in [-0.15, -0.1) is 11.3 Å². The summed E-state index contributed by atoms with van der Waals surface area (Å²) in [6, 6.07) is 11.3. The summed E-state index contributed by atoms with van der Waals surface area (Å²) in [5.41, 5.74) is 5.15. The minimum Gasteiger partial charge on any atom is -0.307 e. The van der Waals surface area contributed by atoms with Gasteiger partial charge in [-0.3, -0.25) is 9.30 Å². The summed E-state index contributed by atoms with van der Waals surface area (Å²) in [7, 11) is 0. The van der Waals surface area contributed by atoms with Crippen LogP contribution in [-0.2, 0) is 13.1 Å². The van der Waals surface area contributed by atoms with E-state index in [0.29, 0.717) is 6.04 Å². The molecular formula is C19H24N4S. The van der Waals surface area contributed by atoms with Crippen molar-refractivity contribution in [3.05, 3.63) is 58.4 Å². The van der Waals surface area contributed by atoms with E-state index < -0.39 is 0 Å². The van der Waals surface area contributed by atoms with E-state index in [2.05, 4.69) is 69.2 Å². The third-order valence-electron chi connectivity index (χ3n) is 4.91. The Bertz CT molecular complexity index is 821. The summed E-state index contributed by atoms with van der Waals surface area (Å²) in [5, 5.41) is 5.93. The maximum Gasteiger partial charge on any atom is 0.194 e. The van der Waals surface area contributed by atoms with Crippen molar-refractivity contribution in [1.82, 2.24) is 19.6 Å². The minimum absolute atomic E-state index is 0.567. The first-order valence-electron chi connectivity index (χ1n) is 8.62. The van der Waals surface area contributed by atoms with Gasteiger partial charge in [0.2, 0.25) is 0 Å². The Balaban J connectivity index is 1.37. The zero-order valence-electron chi connectivity index (χ0n) is 14.3. The zero-order valence-corrected chi connectivity index (χ0v) is 15.1. The van der Waals surface area contributed by atoms with Crippen LogP contribution in [0.4, 0.5) is 0 Å². The lowest BCUT2D eigenvalue weighted by Crippen LogP contribution is -2.32. The SMILES string of the molecule is Cc1nc2scc(C)n2c1CNC1CCN(Cc2ccccc2)C1. The number of thiazole rings is 1. The third-order valence-corrected chi connectivity index (χ3v) is 5.85. The molecule has 0 aliphatic carbocycles. The number of nitrogens with one attached hydrogen (secondary N) is 1. The number of rotatable bonds is 5. The van der Waals surface area contributed by atoms with Gasteiger partial charge in [-0.1, -0.05) is 30.3 Å². The molecule has 5 heteroatoms. The van der Waals surface area contributed by atoms with Crippen molar-refractivity contribution in [2.24, 2.45) is 0 Å². The molecule has 3 heterocycles. The summed E-state index contributed by atoms with van der Waals surface area (Å²) < 4.78 is 2.30. The smallest absolute Gasteiger partial charge is 0.194 e. The monoisotopic (exact) mass is 340 g/mol. The molecule has 1 aliphatic heterocycles. The van der Waals surface area contributed by atoms with Crippen molar-refractivity contribution in [1.29, 1.82) is 0 Å². The number of benzene rings is 1. The number of aromatic nitrogens is 2. The van der Waals surface area contributed by atoms with Gasteiger partial charge in [0.05, 0.1) is 11.4 Å².